The summed E-state index contributed by atoms with van der Waals surface area (Å²) in [4.78, 5) is 0. The summed E-state index contributed by atoms with van der Waals surface area (Å²) in [7, 11) is 1.64. The second-order valence-corrected chi connectivity index (χ2v) is 5.78. The van der Waals surface area contributed by atoms with Gasteiger partial charge >= 0.3 is 0 Å². The van der Waals surface area contributed by atoms with Gasteiger partial charge in [-0.25, -0.2) is 0 Å². The molecule has 2 aromatic rings. The third-order valence-corrected chi connectivity index (χ3v) is 4.00. The lowest BCUT2D eigenvalue weighted by atomic mass is 9.90. The van der Waals surface area contributed by atoms with Crippen LogP contribution in [0, 0.1) is 0 Å². The molecule has 3 rings (SSSR count). The number of anilines is 1. The van der Waals surface area contributed by atoms with E-state index in [4.69, 9.17) is 17.0 Å². The fourth-order valence-electron chi connectivity index (χ4n) is 2.70. The van der Waals surface area contributed by atoms with Crippen molar-refractivity contribution in [3.05, 3.63) is 59.7 Å². The molecule has 0 radical (unpaired) electrons. The highest BCUT2D eigenvalue weighted by atomic mass is 32.1. The van der Waals surface area contributed by atoms with Crippen molar-refractivity contribution in [2.24, 2.45) is 5.10 Å². The first-order valence-corrected chi connectivity index (χ1v) is 8.03. The van der Waals surface area contributed by atoms with Crippen molar-refractivity contribution in [1.82, 2.24) is 5.43 Å². The van der Waals surface area contributed by atoms with E-state index in [0.717, 1.165) is 36.4 Å². The minimum absolute atomic E-state index is 0.466. The highest BCUT2D eigenvalue weighted by molar-refractivity contribution is 7.80. The Kier molecular flexibility index (Phi) is 4.88. The molecule has 4 nitrogen and oxygen atoms in total. The monoisotopic (exact) mass is 325 g/mol. The quantitative estimate of drug-likeness (QED) is 0.667. The van der Waals surface area contributed by atoms with Crippen LogP contribution in [0.4, 0.5) is 5.69 Å². The number of hydrogen-bond acceptors (Lipinski definition) is 3. The van der Waals surface area contributed by atoms with Crippen LogP contribution in [0.25, 0.3) is 0 Å². The number of fused-ring (bicyclic) bond motifs is 1. The van der Waals surface area contributed by atoms with Gasteiger partial charge in [-0.1, -0.05) is 30.3 Å². The zero-order valence-corrected chi connectivity index (χ0v) is 13.8. The van der Waals surface area contributed by atoms with E-state index in [9.17, 15) is 0 Å². The van der Waals surface area contributed by atoms with Gasteiger partial charge in [-0.2, -0.15) is 5.10 Å². The highest BCUT2D eigenvalue weighted by Crippen LogP contribution is 2.21. The normalized spacial score (nSPS) is 14.9. The Morgan fingerprint density at radius 1 is 1.13 bits per heavy atom. The summed E-state index contributed by atoms with van der Waals surface area (Å²) in [6.45, 7) is 0. The van der Waals surface area contributed by atoms with Gasteiger partial charge in [0.2, 0.25) is 0 Å². The van der Waals surface area contributed by atoms with Crippen LogP contribution in [0.15, 0.2) is 53.6 Å². The van der Waals surface area contributed by atoms with Gasteiger partial charge in [0.1, 0.15) is 5.75 Å². The van der Waals surface area contributed by atoms with Crippen molar-refractivity contribution in [3.63, 3.8) is 0 Å². The minimum Gasteiger partial charge on any atom is -0.497 e. The first-order valence-electron chi connectivity index (χ1n) is 7.62. The lowest BCUT2D eigenvalue weighted by Crippen LogP contribution is -2.26. The minimum atomic E-state index is 0.466. The molecular weight excluding hydrogens is 306 g/mol. The van der Waals surface area contributed by atoms with Crippen LogP contribution in [0.3, 0.4) is 0 Å². The molecule has 0 unspecified atom stereocenters. The molecule has 2 aromatic carbocycles. The average Bonchev–Trinajstić information content (AvgIpc) is 2.60. The fourth-order valence-corrected chi connectivity index (χ4v) is 2.86. The largest absolute Gasteiger partial charge is 0.497 e. The van der Waals surface area contributed by atoms with Crippen molar-refractivity contribution in [3.8, 4) is 5.75 Å². The molecule has 5 heteroatoms. The molecule has 0 aromatic heterocycles. The van der Waals surface area contributed by atoms with Crippen LogP contribution in [0.2, 0.25) is 0 Å². The van der Waals surface area contributed by atoms with Crippen molar-refractivity contribution < 1.29 is 4.74 Å². The molecule has 0 spiro atoms. The summed E-state index contributed by atoms with van der Waals surface area (Å²) in [6, 6.07) is 16.0. The molecule has 2 N–H and O–H groups in total. The molecular formula is C18H19N3OS. The first-order chi connectivity index (χ1) is 11.3. The number of thiocarbonyl (C=S) groups is 1. The van der Waals surface area contributed by atoms with Crippen LogP contribution in [-0.2, 0) is 6.42 Å². The Bertz CT molecular complexity index is 743. The Hall–Kier alpha value is -2.40. The molecule has 0 atom stereocenters. The predicted molar refractivity (Wildman–Crippen MR) is 98.3 cm³/mol. The zero-order valence-electron chi connectivity index (χ0n) is 13.0. The molecule has 23 heavy (non-hydrogen) atoms. The van der Waals surface area contributed by atoms with E-state index in [0.29, 0.717) is 5.11 Å². The SMILES string of the molecule is COc1cccc(NC(=S)NN=C2CCCc3ccccc32)c1. The van der Waals surface area contributed by atoms with Crippen LogP contribution < -0.4 is 15.5 Å². The number of hydrogen-bond donors (Lipinski definition) is 2. The standard InChI is InChI=1S/C18H19N3OS/c1-22-15-9-5-8-14(12-15)19-18(23)21-20-17-11-4-7-13-6-2-3-10-16(13)17/h2-3,5-6,8-10,12H,4,7,11H2,1H3,(H2,19,21,23). The number of aryl methyl sites for hydroxylation is 1. The van der Waals surface area contributed by atoms with Crippen molar-refractivity contribution in [2.75, 3.05) is 12.4 Å². The van der Waals surface area contributed by atoms with Gasteiger partial charge in [-0.15, -0.1) is 0 Å². The van der Waals surface area contributed by atoms with Gasteiger partial charge in [0.05, 0.1) is 12.8 Å². The number of benzene rings is 2. The van der Waals surface area contributed by atoms with Crippen LogP contribution in [-0.4, -0.2) is 17.9 Å². The van der Waals surface area contributed by atoms with E-state index < -0.39 is 0 Å². The highest BCUT2D eigenvalue weighted by Gasteiger charge is 2.14. The summed E-state index contributed by atoms with van der Waals surface area (Å²) in [5.74, 6) is 0.783. The summed E-state index contributed by atoms with van der Waals surface area (Å²) in [6.07, 6.45) is 3.20. The Morgan fingerprint density at radius 3 is 2.87 bits per heavy atom. The zero-order chi connectivity index (χ0) is 16.1. The van der Waals surface area contributed by atoms with Gasteiger partial charge in [-0.05, 0) is 49.2 Å². The molecule has 0 aliphatic heterocycles. The Morgan fingerprint density at radius 2 is 2.00 bits per heavy atom. The molecule has 118 valence electrons. The molecule has 0 fully saturated rings. The number of nitrogens with one attached hydrogen (secondary N) is 2. The summed E-state index contributed by atoms with van der Waals surface area (Å²) >= 11 is 5.31. The number of ether oxygens (including phenoxy) is 1. The molecule has 0 amide bonds. The number of rotatable bonds is 3. The van der Waals surface area contributed by atoms with Crippen LogP contribution >= 0.6 is 12.2 Å². The van der Waals surface area contributed by atoms with Crippen molar-refractivity contribution in [1.29, 1.82) is 0 Å². The third-order valence-electron chi connectivity index (χ3n) is 3.81. The first kappa shape index (κ1) is 15.5. The lowest BCUT2D eigenvalue weighted by Gasteiger charge is -2.18. The Labute approximate surface area is 141 Å². The second kappa shape index (κ2) is 7.24. The molecule has 0 heterocycles. The topological polar surface area (TPSA) is 45.6 Å². The fraction of sp³-hybridized carbons (Fsp3) is 0.222. The molecule has 0 saturated carbocycles. The Balaban J connectivity index is 1.67. The second-order valence-electron chi connectivity index (χ2n) is 5.37. The van der Waals surface area contributed by atoms with Crippen molar-refractivity contribution in [2.45, 2.75) is 19.3 Å². The molecule has 1 aliphatic rings. The van der Waals surface area contributed by atoms with Gasteiger partial charge in [-0.3, -0.25) is 5.43 Å². The number of nitrogens with zero attached hydrogens (tertiary/aromatic N) is 1. The van der Waals surface area contributed by atoms with E-state index in [1.54, 1.807) is 7.11 Å². The molecule has 0 bridgehead atoms. The maximum absolute atomic E-state index is 5.31. The van der Waals surface area contributed by atoms with E-state index in [1.165, 1.54) is 11.1 Å². The summed E-state index contributed by atoms with van der Waals surface area (Å²) < 4.78 is 5.20. The van der Waals surface area contributed by atoms with Gasteiger partial charge in [0.25, 0.3) is 0 Å². The van der Waals surface area contributed by atoms with Gasteiger partial charge < -0.3 is 10.1 Å². The number of hydrazone groups is 1. The van der Waals surface area contributed by atoms with E-state index in [1.807, 2.05) is 30.3 Å². The lowest BCUT2D eigenvalue weighted by molar-refractivity contribution is 0.415. The maximum atomic E-state index is 5.31. The smallest absolute Gasteiger partial charge is 0.191 e. The average molecular weight is 325 g/mol. The summed E-state index contributed by atoms with van der Waals surface area (Å²) in [5.41, 5.74) is 7.44. The van der Waals surface area contributed by atoms with Gasteiger partial charge in [0, 0.05) is 17.3 Å². The summed E-state index contributed by atoms with van der Waals surface area (Å²) in [5, 5.41) is 8.07. The van der Waals surface area contributed by atoms with Crippen LogP contribution in [0.5, 0.6) is 5.75 Å². The maximum Gasteiger partial charge on any atom is 0.191 e. The van der Waals surface area contributed by atoms with Crippen LogP contribution in [0.1, 0.15) is 24.0 Å². The number of methoxy groups -OCH3 is 1. The van der Waals surface area contributed by atoms with E-state index >= 15 is 0 Å². The van der Waals surface area contributed by atoms with Gasteiger partial charge in [0.15, 0.2) is 5.11 Å². The van der Waals surface area contributed by atoms with Crippen molar-refractivity contribution >= 4 is 28.7 Å². The third kappa shape index (κ3) is 3.87. The predicted octanol–water partition coefficient (Wildman–Crippen LogP) is 3.72. The molecule has 1 aliphatic carbocycles. The molecule has 0 saturated heterocycles. The van der Waals surface area contributed by atoms with E-state index in [2.05, 4.69) is 34.0 Å². The van der Waals surface area contributed by atoms with E-state index in [-0.39, 0.29) is 0 Å².